The molecule has 4 nitrogen and oxygen atoms in total. The summed E-state index contributed by atoms with van der Waals surface area (Å²) in [6.45, 7) is 9.46. The van der Waals surface area contributed by atoms with Crippen LogP contribution >= 0.6 is 0 Å². The van der Waals surface area contributed by atoms with E-state index in [2.05, 4.69) is 26.2 Å². The molecule has 0 bridgehead atoms. The smallest absolute Gasteiger partial charge is 0.335 e. The molecule has 0 unspecified atom stereocenters. The first-order chi connectivity index (χ1) is 9.30. The minimum absolute atomic E-state index is 0.278. The molecule has 1 aromatic rings. The van der Waals surface area contributed by atoms with E-state index in [1.165, 1.54) is 0 Å². The Morgan fingerprint density at radius 3 is 2.35 bits per heavy atom. The molecule has 0 aliphatic heterocycles. The van der Waals surface area contributed by atoms with Gasteiger partial charge in [0.1, 0.15) is 5.75 Å². The molecule has 0 spiro atoms. The Morgan fingerprint density at radius 2 is 1.85 bits per heavy atom. The van der Waals surface area contributed by atoms with Gasteiger partial charge in [0.05, 0.1) is 12.2 Å². The minimum atomic E-state index is -1.54. The van der Waals surface area contributed by atoms with Crippen LogP contribution in [0.25, 0.3) is 0 Å². The second-order valence-corrected chi connectivity index (χ2v) is 12.2. The predicted molar refractivity (Wildman–Crippen MR) is 84.4 cm³/mol. The zero-order valence-electron chi connectivity index (χ0n) is 12.6. The second kappa shape index (κ2) is 7.61. The van der Waals surface area contributed by atoms with E-state index in [0.29, 0.717) is 12.4 Å². The maximum atomic E-state index is 10.7. The average Bonchev–Trinajstić information content (AvgIpc) is 2.33. The summed E-state index contributed by atoms with van der Waals surface area (Å²) in [7, 11) is -2.17. The average molecular weight is 312 g/mol. The highest BCUT2D eigenvalue weighted by Gasteiger charge is 2.23. The third-order valence-electron chi connectivity index (χ3n) is 2.77. The van der Waals surface area contributed by atoms with Gasteiger partial charge in [-0.2, -0.15) is 0 Å². The number of carboxylic acids is 1. The standard InChI is InChI=1S/C14H23O4Si2/c1-19(2)18-20(3,4)11-5-10-17-13-8-6-12(7-9-13)14(15)16/h6-9H,5,10-11H2,1-4H3,(H,15,16). The maximum absolute atomic E-state index is 10.7. The van der Waals surface area contributed by atoms with Crippen molar-refractivity contribution in [1.82, 2.24) is 0 Å². The summed E-state index contributed by atoms with van der Waals surface area (Å²) in [5, 5.41) is 8.80. The van der Waals surface area contributed by atoms with Gasteiger partial charge in [-0.25, -0.2) is 4.79 Å². The number of carboxylic acid groups (broad SMARTS) is 1. The molecular formula is C14H23O4Si2. The van der Waals surface area contributed by atoms with Gasteiger partial charge in [0, 0.05) is 0 Å². The van der Waals surface area contributed by atoms with E-state index in [1.807, 2.05) is 0 Å². The lowest BCUT2D eigenvalue weighted by molar-refractivity contribution is 0.0697. The first kappa shape index (κ1) is 16.9. The van der Waals surface area contributed by atoms with Crippen LogP contribution in [-0.4, -0.2) is 35.0 Å². The van der Waals surface area contributed by atoms with E-state index < -0.39 is 23.3 Å². The van der Waals surface area contributed by atoms with Gasteiger partial charge in [-0.15, -0.1) is 0 Å². The normalized spacial score (nSPS) is 11.7. The first-order valence-electron chi connectivity index (χ1n) is 6.75. The Hall–Kier alpha value is -1.12. The van der Waals surface area contributed by atoms with Crippen LogP contribution in [0.4, 0.5) is 0 Å². The second-order valence-electron chi connectivity index (χ2n) is 5.55. The van der Waals surface area contributed by atoms with Crippen LogP contribution < -0.4 is 4.74 Å². The van der Waals surface area contributed by atoms with Gasteiger partial charge < -0.3 is 14.0 Å². The van der Waals surface area contributed by atoms with E-state index in [9.17, 15) is 4.79 Å². The van der Waals surface area contributed by atoms with Crippen LogP contribution in [-0.2, 0) is 4.12 Å². The lowest BCUT2D eigenvalue weighted by atomic mass is 10.2. The predicted octanol–water partition coefficient (Wildman–Crippen LogP) is 3.63. The van der Waals surface area contributed by atoms with E-state index in [0.717, 1.165) is 12.5 Å². The third kappa shape index (κ3) is 6.36. The Kier molecular flexibility index (Phi) is 6.44. The van der Waals surface area contributed by atoms with E-state index >= 15 is 0 Å². The highest BCUT2D eigenvalue weighted by molar-refractivity contribution is 6.77. The van der Waals surface area contributed by atoms with Crippen LogP contribution in [0.15, 0.2) is 24.3 Å². The van der Waals surface area contributed by atoms with Gasteiger partial charge in [0.15, 0.2) is 17.4 Å². The van der Waals surface area contributed by atoms with Crippen LogP contribution in [0.1, 0.15) is 16.8 Å². The van der Waals surface area contributed by atoms with Gasteiger partial charge in [-0.1, -0.05) is 0 Å². The highest BCUT2D eigenvalue weighted by atomic mass is 28.4. The molecule has 0 amide bonds. The number of hydrogen-bond donors (Lipinski definition) is 1. The molecule has 0 heterocycles. The van der Waals surface area contributed by atoms with E-state index in [4.69, 9.17) is 14.0 Å². The molecule has 0 aliphatic rings. The van der Waals surface area contributed by atoms with Gasteiger partial charge in [0.25, 0.3) is 0 Å². The quantitative estimate of drug-likeness (QED) is 0.588. The summed E-state index contributed by atoms with van der Waals surface area (Å²) in [4.78, 5) is 10.7. The fraction of sp³-hybridized carbons (Fsp3) is 0.500. The molecule has 0 atom stereocenters. The molecule has 6 heteroatoms. The fourth-order valence-electron chi connectivity index (χ4n) is 1.99. The Bertz CT molecular complexity index is 429. The number of benzene rings is 1. The van der Waals surface area contributed by atoms with Crippen LogP contribution in [0.5, 0.6) is 5.75 Å². The van der Waals surface area contributed by atoms with Crippen LogP contribution in [0.3, 0.4) is 0 Å². The lowest BCUT2D eigenvalue weighted by Crippen LogP contribution is -2.35. The van der Waals surface area contributed by atoms with Crippen molar-refractivity contribution in [3.05, 3.63) is 29.8 Å². The summed E-state index contributed by atoms with van der Waals surface area (Å²) in [5.41, 5.74) is 0.278. The van der Waals surface area contributed by atoms with Crippen molar-refractivity contribution in [2.75, 3.05) is 6.61 Å². The Balaban J connectivity index is 2.32. The molecule has 1 N–H and O–H groups in total. The molecule has 1 radical (unpaired) electrons. The zero-order valence-corrected chi connectivity index (χ0v) is 14.6. The van der Waals surface area contributed by atoms with Crippen molar-refractivity contribution in [2.45, 2.75) is 38.7 Å². The molecule has 0 aliphatic carbocycles. The fourth-order valence-corrected chi connectivity index (χ4v) is 7.81. The number of ether oxygens (including phenoxy) is 1. The molecule has 1 rings (SSSR count). The lowest BCUT2D eigenvalue weighted by Gasteiger charge is -2.25. The van der Waals surface area contributed by atoms with Crippen molar-refractivity contribution in [3.8, 4) is 5.75 Å². The van der Waals surface area contributed by atoms with Gasteiger partial charge in [-0.3, -0.25) is 0 Å². The van der Waals surface area contributed by atoms with Crippen molar-refractivity contribution in [1.29, 1.82) is 0 Å². The van der Waals surface area contributed by atoms with Gasteiger partial charge in [-0.05, 0) is 62.9 Å². The zero-order chi connectivity index (χ0) is 15.2. The van der Waals surface area contributed by atoms with E-state index in [1.54, 1.807) is 24.3 Å². The molecular weight excluding hydrogens is 288 g/mol. The van der Waals surface area contributed by atoms with Gasteiger partial charge >= 0.3 is 5.97 Å². The van der Waals surface area contributed by atoms with Crippen molar-refractivity contribution in [3.63, 3.8) is 0 Å². The molecule has 0 fully saturated rings. The molecule has 0 aromatic heterocycles. The van der Waals surface area contributed by atoms with Crippen molar-refractivity contribution < 1.29 is 18.8 Å². The summed E-state index contributed by atoms with van der Waals surface area (Å²) >= 11 is 0. The molecule has 111 valence electrons. The van der Waals surface area contributed by atoms with Crippen molar-refractivity contribution in [2.24, 2.45) is 0 Å². The first-order valence-corrected chi connectivity index (χ1v) is 12.3. The Morgan fingerprint density at radius 1 is 1.25 bits per heavy atom. The Labute approximate surface area is 123 Å². The number of rotatable bonds is 8. The SMILES string of the molecule is C[Si](C)O[Si](C)(C)CCCOc1ccc(C(=O)O)cc1. The monoisotopic (exact) mass is 311 g/mol. The highest BCUT2D eigenvalue weighted by Crippen LogP contribution is 2.17. The maximum Gasteiger partial charge on any atom is 0.335 e. The number of hydrogen-bond acceptors (Lipinski definition) is 3. The minimum Gasteiger partial charge on any atom is -0.494 e. The van der Waals surface area contributed by atoms with Crippen LogP contribution in [0, 0.1) is 0 Å². The molecule has 1 aromatic carbocycles. The number of aromatic carboxylic acids is 1. The molecule has 0 saturated heterocycles. The number of carbonyl (C=O) groups is 1. The molecule has 20 heavy (non-hydrogen) atoms. The third-order valence-corrected chi connectivity index (χ3v) is 8.17. The van der Waals surface area contributed by atoms with Crippen LogP contribution in [0.2, 0.25) is 32.2 Å². The summed E-state index contributed by atoms with van der Waals surface area (Å²) < 4.78 is 11.7. The topological polar surface area (TPSA) is 55.8 Å². The molecule has 0 saturated carbocycles. The van der Waals surface area contributed by atoms with Crippen molar-refractivity contribution >= 4 is 23.3 Å². The largest absolute Gasteiger partial charge is 0.494 e. The summed E-state index contributed by atoms with van der Waals surface area (Å²) in [6, 6.07) is 7.59. The van der Waals surface area contributed by atoms with Gasteiger partial charge in [0.2, 0.25) is 0 Å². The summed E-state index contributed by atoms with van der Waals surface area (Å²) in [6.07, 6.45) is 0.967. The summed E-state index contributed by atoms with van der Waals surface area (Å²) in [5.74, 6) is -0.204. The van der Waals surface area contributed by atoms with E-state index in [-0.39, 0.29) is 5.56 Å².